The third-order valence-electron chi connectivity index (χ3n) is 3.04. The number of alkyl halides is 1. The van der Waals surface area contributed by atoms with Gasteiger partial charge in [0.2, 0.25) is 0 Å². The Hall–Kier alpha value is -1.16. The molecule has 1 aliphatic heterocycles. The lowest BCUT2D eigenvalue weighted by Gasteiger charge is -2.33. The Bertz CT molecular complexity index is 341. The van der Waals surface area contributed by atoms with Gasteiger partial charge >= 0.3 is 0 Å². The molecule has 0 radical (unpaired) electrons. The molecule has 0 spiro atoms. The second-order valence-electron chi connectivity index (χ2n) is 4.18. The molecule has 16 heavy (non-hydrogen) atoms. The van der Waals surface area contributed by atoms with Crippen LogP contribution in [0.4, 0.5) is 10.1 Å². The summed E-state index contributed by atoms with van der Waals surface area (Å²) in [4.78, 5) is 6.22. The average molecular weight is 224 g/mol. The number of aromatic nitrogens is 1. The normalized spacial score (nSPS) is 25.8. The molecule has 1 aromatic heterocycles. The number of rotatable bonds is 2. The molecule has 2 unspecified atom stereocenters. The molecular weight excluding hydrogens is 207 g/mol. The maximum atomic E-state index is 13.3. The Balaban J connectivity index is 2.06. The SMILES string of the molecule is CCc1ccc(N2CCC(O)C(F)C2)cn1. The summed E-state index contributed by atoms with van der Waals surface area (Å²) in [5.74, 6) is 0. The fraction of sp³-hybridized carbons (Fsp3) is 0.583. The van der Waals surface area contributed by atoms with E-state index in [0.29, 0.717) is 13.0 Å². The highest BCUT2D eigenvalue weighted by molar-refractivity contribution is 5.45. The van der Waals surface area contributed by atoms with Gasteiger partial charge in [-0.2, -0.15) is 0 Å². The van der Waals surface area contributed by atoms with E-state index in [0.717, 1.165) is 17.8 Å². The number of anilines is 1. The van der Waals surface area contributed by atoms with Gasteiger partial charge in [-0.25, -0.2) is 4.39 Å². The van der Waals surface area contributed by atoms with E-state index in [9.17, 15) is 9.50 Å². The Morgan fingerprint density at radius 2 is 2.38 bits per heavy atom. The predicted molar refractivity (Wildman–Crippen MR) is 61.3 cm³/mol. The Morgan fingerprint density at radius 3 is 2.94 bits per heavy atom. The van der Waals surface area contributed by atoms with Gasteiger partial charge in [0, 0.05) is 12.2 Å². The van der Waals surface area contributed by atoms with Crippen molar-refractivity contribution in [2.45, 2.75) is 32.0 Å². The van der Waals surface area contributed by atoms with Crippen LogP contribution in [0.15, 0.2) is 18.3 Å². The van der Waals surface area contributed by atoms with Gasteiger partial charge in [0.1, 0.15) is 6.17 Å². The van der Waals surface area contributed by atoms with Gasteiger partial charge in [0.25, 0.3) is 0 Å². The lowest BCUT2D eigenvalue weighted by molar-refractivity contribution is 0.0615. The third kappa shape index (κ3) is 2.32. The first-order valence-electron chi connectivity index (χ1n) is 5.72. The Labute approximate surface area is 94.9 Å². The second kappa shape index (κ2) is 4.78. The van der Waals surface area contributed by atoms with Crippen LogP contribution in [-0.2, 0) is 6.42 Å². The molecule has 0 bridgehead atoms. The van der Waals surface area contributed by atoms with Gasteiger partial charge in [-0.3, -0.25) is 4.98 Å². The van der Waals surface area contributed by atoms with Gasteiger partial charge in [-0.15, -0.1) is 0 Å². The topological polar surface area (TPSA) is 36.4 Å². The highest BCUT2D eigenvalue weighted by Gasteiger charge is 2.27. The van der Waals surface area contributed by atoms with E-state index >= 15 is 0 Å². The lowest BCUT2D eigenvalue weighted by Crippen LogP contribution is -2.44. The van der Waals surface area contributed by atoms with Crippen molar-refractivity contribution in [2.75, 3.05) is 18.0 Å². The second-order valence-corrected chi connectivity index (χ2v) is 4.18. The summed E-state index contributed by atoms with van der Waals surface area (Å²) in [6, 6.07) is 3.93. The molecule has 1 aromatic rings. The van der Waals surface area contributed by atoms with Crippen molar-refractivity contribution in [3.8, 4) is 0 Å². The zero-order valence-corrected chi connectivity index (χ0v) is 9.43. The van der Waals surface area contributed by atoms with Crippen molar-refractivity contribution < 1.29 is 9.50 Å². The first kappa shape index (κ1) is 11.3. The molecule has 0 saturated carbocycles. The van der Waals surface area contributed by atoms with Crippen molar-refractivity contribution in [1.82, 2.24) is 4.98 Å². The first-order chi connectivity index (χ1) is 7.70. The summed E-state index contributed by atoms with van der Waals surface area (Å²) in [6.07, 6.45) is 1.21. The van der Waals surface area contributed by atoms with Crippen LogP contribution in [0, 0.1) is 0 Å². The molecular formula is C12H17FN2O. The first-order valence-corrected chi connectivity index (χ1v) is 5.72. The molecule has 1 aliphatic rings. The molecule has 88 valence electrons. The standard InChI is InChI=1S/C12H17FN2O/c1-2-9-3-4-10(7-14-9)15-6-5-12(16)11(13)8-15/h3-4,7,11-12,16H,2,5-6,8H2,1H3. The molecule has 1 fully saturated rings. The quantitative estimate of drug-likeness (QED) is 0.828. The molecule has 2 rings (SSSR count). The minimum absolute atomic E-state index is 0.258. The van der Waals surface area contributed by atoms with E-state index in [1.165, 1.54) is 0 Å². The van der Waals surface area contributed by atoms with E-state index in [1.807, 2.05) is 17.0 Å². The van der Waals surface area contributed by atoms with Gasteiger partial charge in [-0.05, 0) is 25.0 Å². The van der Waals surface area contributed by atoms with E-state index in [-0.39, 0.29) is 6.54 Å². The lowest BCUT2D eigenvalue weighted by atomic mass is 10.1. The molecule has 1 N–H and O–H groups in total. The van der Waals surface area contributed by atoms with Crippen molar-refractivity contribution in [3.05, 3.63) is 24.0 Å². The van der Waals surface area contributed by atoms with Gasteiger partial charge in [0.05, 0.1) is 24.5 Å². The fourth-order valence-electron chi connectivity index (χ4n) is 1.94. The summed E-state index contributed by atoms with van der Waals surface area (Å²) in [5.41, 5.74) is 1.98. The fourth-order valence-corrected chi connectivity index (χ4v) is 1.94. The van der Waals surface area contributed by atoms with Crippen LogP contribution in [0.3, 0.4) is 0 Å². The van der Waals surface area contributed by atoms with E-state index in [4.69, 9.17) is 0 Å². The summed E-state index contributed by atoms with van der Waals surface area (Å²) in [5, 5.41) is 9.31. The summed E-state index contributed by atoms with van der Waals surface area (Å²) in [6.45, 7) is 3.00. The Kier molecular flexibility index (Phi) is 3.39. The number of piperidine rings is 1. The number of aryl methyl sites for hydroxylation is 1. The molecule has 2 heterocycles. The van der Waals surface area contributed by atoms with E-state index < -0.39 is 12.3 Å². The molecule has 4 heteroatoms. The third-order valence-corrected chi connectivity index (χ3v) is 3.04. The number of aliphatic hydroxyl groups is 1. The number of aliphatic hydroxyl groups excluding tert-OH is 1. The van der Waals surface area contributed by atoms with Crippen molar-refractivity contribution in [1.29, 1.82) is 0 Å². The van der Waals surface area contributed by atoms with Gasteiger partial charge < -0.3 is 10.0 Å². The minimum atomic E-state index is -1.15. The maximum absolute atomic E-state index is 13.3. The number of pyridine rings is 1. The van der Waals surface area contributed by atoms with Crippen molar-refractivity contribution >= 4 is 5.69 Å². The number of hydrogen-bond donors (Lipinski definition) is 1. The van der Waals surface area contributed by atoms with Crippen molar-refractivity contribution in [2.24, 2.45) is 0 Å². The highest BCUT2D eigenvalue weighted by atomic mass is 19.1. The van der Waals surface area contributed by atoms with E-state index in [2.05, 4.69) is 11.9 Å². The molecule has 0 amide bonds. The van der Waals surface area contributed by atoms with Crippen molar-refractivity contribution in [3.63, 3.8) is 0 Å². The van der Waals surface area contributed by atoms with Crippen LogP contribution in [0.25, 0.3) is 0 Å². The maximum Gasteiger partial charge on any atom is 0.143 e. The summed E-state index contributed by atoms with van der Waals surface area (Å²) in [7, 11) is 0. The van der Waals surface area contributed by atoms with Crippen LogP contribution in [0.1, 0.15) is 19.0 Å². The largest absolute Gasteiger partial charge is 0.390 e. The highest BCUT2D eigenvalue weighted by Crippen LogP contribution is 2.21. The molecule has 0 aromatic carbocycles. The van der Waals surface area contributed by atoms with Crippen LogP contribution < -0.4 is 4.90 Å². The van der Waals surface area contributed by atoms with Crippen LogP contribution >= 0.6 is 0 Å². The molecule has 3 nitrogen and oxygen atoms in total. The zero-order chi connectivity index (χ0) is 11.5. The van der Waals surface area contributed by atoms with Gasteiger partial charge in [-0.1, -0.05) is 6.92 Å². The predicted octanol–water partition coefficient (Wildman–Crippen LogP) is 1.55. The summed E-state index contributed by atoms with van der Waals surface area (Å²) >= 11 is 0. The number of halogens is 1. The molecule has 0 aliphatic carbocycles. The zero-order valence-electron chi connectivity index (χ0n) is 9.43. The smallest absolute Gasteiger partial charge is 0.143 e. The van der Waals surface area contributed by atoms with Crippen LogP contribution in [-0.4, -0.2) is 35.5 Å². The van der Waals surface area contributed by atoms with Crippen LogP contribution in [0.2, 0.25) is 0 Å². The minimum Gasteiger partial charge on any atom is -0.390 e. The monoisotopic (exact) mass is 224 g/mol. The summed E-state index contributed by atoms with van der Waals surface area (Å²) < 4.78 is 13.3. The molecule has 1 saturated heterocycles. The number of hydrogen-bond acceptors (Lipinski definition) is 3. The average Bonchev–Trinajstić information content (AvgIpc) is 2.33. The van der Waals surface area contributed by atoms with E-state index in [1.54, 1.807) is 6.20 Å². The number of nitrogens with zero attached hydrogens (tertiary/aromatic N) is 2. The Morgan fingerprint density at radius 1 is 1.56 bits per heavy atom. The van der Waals surface area contributed by atoms with Gasteiger partial charge in [0.15, 0.2) is 0 Å². The molecule has 2 atom stereocenters. The van der Waals surface area contributed by atoms with Crippen LogP contribution in [0.5, 0.6) is 0 Å².